The summed E-state index contributed by atoms with van der Waals surface area (Å²) in [5.41, 5.74) is 0.226. The fourth-order valence-corrected chi connectivity index (χ4v) is 1.43. The molecule has 16 heavy (non-hydrogen) atoms. The van der Waals surface area contributed by atoms with Crippen molar-refractivity contribution in [2.75, 3.05) is 14.2 Å². The standard InChI is InChI=1S/C11H13FO4/c1-15-9-5-4-8(12)7(11(9)16-2)3-6-10(13)14/h4-5H,3,6H2,1-2H3,(H,13,14). The molecule has 0 unspecified atom stereocenters. The first-order valence-corrected chi connectivity index (χ1v) is 4.71. The van der Waals surface area contributed by atoms with Gasteiger partial charge in [0.15, 0.2) is 11.5 Å². The first-order chi connectivity index (χ1) is 7.60. The highest BCUT2D eigenvalue weighted by molar-refractivity contribution is 5.67. The summed E-state index contributed by atoms with van der Waals surface area (Å²) in [7, 11) is 2.83. The predicted molar refractivity (Wildman–Crippen MR) is 55.5 cm³/mol. The Kier molecular flexibility index (Phi) is 4.10. The van der Waals surface area contributed by atoms with Gasteiger partial charge in [0, 0.05) is 12.0 Å². The molecule has 0 radical (unpaired) electrons. The van der Waals surface area contributed by atoms with Gasteiger partial charge in [-0.05, 0) is 18.6 Å². The highest BCUT2D eigenvalue weighted by atomic mass is 19.1. The number of rotatable bonds is 5. The largest absolute Gasteiger partial charge is 0.493 e. The topological polar surface area (TPSA) is 55.8 Å². The maximum absolute atomic E-state index is 13.5. The van der Waals surface area contributed by atoms with Crippen molar-refractivity contribution in [1.29, 1.82) is 0 Å². The molecule has 1 N–H and O–H groups in total. The molecular formula is C11H13FO4. The van der Waals surface area contributed by atoms with E-state index in [0.717, 1.165) is 0 Å². The van der Waals surface area contributed by atoms with Gasteiger partial charge >= 0.3 is 5.97 Å². The van der Waals surface area contributed by atoms with Gasteiger partial charge in [0.1, 0.15) is 5.82 Å². The minimum atomic E-state index is -0.982. The highest BCUT2D eigenvalue weighted by Crippen LogP contribution is 2.33. The molecule has 1 aromatic rings. The van der Waals surface area contributed by atoms with Crippen molar-refractivity contribution in [3.05, 3.63) is 23.5 Å². The van der Waals surface area contributed by atoms with Crippen molar-refractivity contribution >= 4 is 5.97 Å². The Morgan fingerprint density at radius 1 is 1.38 bits per heavy atom. The fraction of sp³-hybridized carbons (Fsp3) is 0.364. The number of hydrogen-bond donors (Lipinski definition) is 1. The molecule has 88 valence electrons. The molecule has 0 aromatic heterocycles. The molecule has 1 aromatic carbocycles. The minimum absolute atomic E-state index is 0.0710. The van der Waals surface area contributed by atoms with Crippen molar-refractivity contribution in [3.8, 4) is 11.5 Å². The number of halogens is 1. The number of ether oxygens (including phenoxy) is 2. The summed E-state index contributed by atoms with van der Waals surface area (Å²) in [4.78, 5) is 10.4. The lowest BCUT2D eigenvalue weighted by Crippen LogP contribution is -2.03. The van der Waals surface area contributed by atoms with Crippen LogP contribution in [0.25, 0.3) is 0 Å². The molecule has 0 aliphatic rings. The second-order valence-corrected chi connectivity index (χ2v) is 3.16. The summed E-state index contributed by atoms with van der Waals surface area (Å²) in [6.45, 7) is 0. The van der Waals surface area contributed by atoms with Gasteiger partial charge in [-0.15, -0.1) is 0 Å². The van der Waals surface area contributed by atoms with Gasteiger partial charge in [-0.25, -0.2) is 4.39 Å². The molecule has 0 fully saturated rings. The molecule has 0 saturated heterocycles. The lowest BCUT2D eigenvalue weighted by atomic mass is 10.1. The minimum Gasteiger partial charge on any atom is -0.493 e. The summed E-state index contributed by atoms with van der Waals surface area (Å²) in [6.07, 6.45) is -0.0814. The van der Waals surface area contributed by atoms with Gasteiger partial charge in [0.25, 0.3) is 0 Å². The van der Waals surface area contributed by atoms with E-state index in [1.807, 2.05) is 0 Å². The SMILES string of the molecule is COc1ccc(F)c(CCC(=O)O)c1OC. The van der Waals surface area contributed by atoms with E-state index < -0.39 is 11.8 Å². The van der Waals surface area contributed by atoms with Crippen LogP contribution in [0.1, 0.15) is 12.0 Å². The molecule has 0 saturated carbocycles. The zero-order valence-corrected chi connectivity index (χ0v) is 9.12. The Labute approximate surface area is 92.6 Å². The van der Waals surface area contributed by atoms with Crippen LogP contribution in [0.4, 0.5) is 4.39 Å². The zero-order chi connectivity index (χ0) is 12.1. The van der Waals surface area contributed by atoms with Crippen LogP contribution in [0.2, 0.25) is 0 Å². The molecule has 0 aliphatic heterocycles. The maximum Gasteiger partial charge on any atom is 0.303 e. The van der Waals surface area contributed by atoms with Crippen LogP contribution in [0, 0.1) is 5.82 Å². The number of benzene rings is 1. The summed E-state index contributed by atoms with van der Waals surface area (Å²) in [6, 6.07) is 2.68. The summed E-state index contributed by atoms with van der Waals surface area (Å²) in [5.74, 6) is -0.823. The first kappa shape index (κ1) is 12.3. The number of carbonyl (C=O) groups is 1. The highest BCUT2D eigenvalue weighted by Gasteiger charge is 2.15. The van der Waals surface area contributed by atoms with Gasteiger partial charge in [-0.1, -0.05) is 0 Å². The normalized spacial score (nSPS) is 9.94. The van der Waals surface area contributed by atoms with Crippen LogP contribution in [-0.2, 0) is 11.2 Å². The third-order valence-corrected chi connectivity index (χ3v) is 2.18. The van der Waals surface area contributed by atoms with Crippen LogP contribution in [0.3, 0.4) is 0 Å². The average Bonchev–Trinajstić information content (AvgIpc) is 2.26. The Morgan fingerprint density at radius 2 is 2.06 bits per heavy atom. The number of carboxylic acid groups (broad SMARTS) is 1. The van der Waals surface area contributed by atoms with E-state index in [1.54, 1.807) is 0 Å². The monoisotopic (exact) mass is 228 g/mol. The molecule has 0 heterocycles. The third kappa shape index (κ3) is 2.62. The molecule has 1 rings (SSSR count). The maximum atomic E-state index is 13.5. The van der Waals surface area contributed by atoms with Crippen molar-refractivity contribution in [2.45, 2.75) is 12.8 Å². The molecule has 0 aliphatic carbocycles. The van der Waals surface area contributed by atoms with Crippen LogP contribution < -0.4 is 9.47 Å². The quantitative estimate of drug-likeness (QED) is 0.835. The lowest BCUT2D eigenvalue weighted by Gasteiger charge is -2.12. The smallest absolute Gasteiger partial charge is 0.303 e. The van der Waals surface area contributed by atoms with Crippen LogP contribution in [0.15, 0.2) is 12.1 Å². The van der Waals surface area contributed by atoms with Gasteiger partial charge in [-0.3, -0.25) is 4.79 Å². The number of aliphatic carboxylic acids is 1. The Hall–Kier alpha value is -1.78. The van der Waals surface area contributed by atoms with E-state index in [-0.39, 0.29) is 24.2 Å². The van der Waals surface area contributed by atoms with Crippen molar-refractivity contribution in [3.63, 3.8) is 0 Å². The number of hydrogen-bond acceptors (Lipinski definition) is 3. The number of methoxy groups -OCH3 is 2. The van der Waals surface area contributed by atoms with Gasteiger partial charge in [-0.2, -0.15) is 0 Å². The summed E-state index contributed by atoms with van der Waals surface area (Å²) in [5, 5.41) is 8.56. The number of carboxylic acids is 1. The van der Waals surface area contributed by atoms with Gasteiger partial charge in [0.2, 0.25) is 0 Å². The Morgan fingerprint density at radius 3 is 2.56 bits per heavy atom. The Bertz CT molecular complexity index is 390. The zero-order valence-electron chi connectivity index (χ0n) is 9.12. The average molecular weight is 228 g/mol. The van der Waals surface area contributed by atoms with Crippen molar-refractivity contribution in [1.82, 2.24) is 0 Å². The lowest BCUT2D eigenvalue weighted by molar-refractivity contribution is -0.136. The molecular weight excluding hydrogens is 215 g/mol. The van der Waals surface area contributed by atoms with Crippen LogP contribution in [-0.4, -0.2) is 25.3 Å². The second kappa shape index (κ2) is 5.34. The van der Waals surface area contributed by atoms with E-state index in [2.05, 4.69) is 0 Å². The predicted octanol–water partition coefficient (Wildman–Crippen LogP) is 1.86. The molecule has 5 heteroatoms. The molecule has 0 amide bonds. The molecule has 0 atom stereocenters. The molecule has 4 nitrogen and oxygen atoms in total. The van der Waals surface area contributed by atoms with E-state index in [4.69, 9.17) is 14.6 Å². The van der Waals surface area contributed by atoms with E-state index >= 15 is 0 Å². The van der Waals surface area contributed by atoms with Crippen molar-refractivity contribution in [2.24, 2.45) is 0 Å². The summed E-state index contributed by atoms with van der Waals surface area (Å²) < 4.78 is 23.5. The van der Waals surface area contributed by atoms with E-state index in [0.29, 0.717) is 5.75 Å². The Balaban J connectivity index is 3.07. The molecule has 0 spiro atoms. The first-order valence-electron chi connectivity index (χ1n) is 4.71. The van der Waals surface area contributed by atoms with Crippen molar-refractivity contribution < 1.29 is 23.8 Å². The fourth-order valence-electron chi connectivity index (χ4n) is 1.43. The van der Waals surface area contributed by atoms with Gasteiger partial charge in [0.05, 0.1) is 14.2 Å². The van der Waals surface area contributed by atoms with E-state index in [1.165, 1.54) is 26.4 Å². The van der Waals surface area contributed by atoms with E-state index in [9.17, 15) is 9.18 Å². The van der Waals surface area contributed by atoms with Crippen LogP contribution >= 0.6 is 0 Å². The second-order valence-electron chi connectivity index (χ2n) is 3.16. The molecule has 0 bridgehead atoms. The third-order valence-electron chi connectivity index (χ3n) is 2.18. The van der Waals surface area contributed by atoms with Gasteiger partial charge < -0.3 is 14.6 Å². The van der Waals surface area contributed by atoms with Crippen LogP contribution in [0.5, 0.6) is 11.5 Å². The summed E-state index contributed by atoms with van der Waals surface area (Å²) >= 11 is 0.